The molecular formula is C28H34BrNO6. The molecule has 0 bridgehead atoms. The molecule has 0 N–H and O–H groups in total. The minimum absolute atomic E-state index is 0.484. The standard InChI is InChI=1S/C28H34BrNO6/c1-31-15-17-33-19-21-35-27-11-7-25(8-12-27)30(24-5-3-23(29)4-6-24)26-9-13-28(14-10-26)36-22-20-34-18-16-32-2/h3-14H,15-22H2,1-2H3. The lowest BCUT2D eigenvalue weighted by Gasteiger charge is -2.26. The molecule has 0 aromatic heterocycles. The van der Waals surface area contributed by atoms with Gasteiger partial charge in [-0.15, -0.1) is 0 Å². The highest BCUT2D eigenvalue weighted by atomic mass is 79.9. The first-order chi connectivity index (χ1) is 17.7. The number of benzene rings is 3. The molecule has 0 saturated carbocycles. The summed E-state index contributed by atoms with van der Waals surface area (Å²) in [6, 6.07) is 24.3. The Morgan fingerprint density at radius 3 is 1.25 bits per heavy atom. The third kappa shape index (κ3) is 9.44. The van der Waals surface area contributed by atoms with Gasteiger partial charge >= 0.3 is 0 Å². The summed E-state index contributed by atoms with van der Waals surface area (Å²) in [5.41, 5.74) is 3.07. The van der Waals surface area contributed by atoms with E-state index in [2.05, 4.69) is 33.0 Å². The van der Waals surface area contributed by atoms with Gasteiger partial charge in [0.25, 0.3) is 0 Å². The van der Waals surface area contributed by atoms with Crippen molar-refractivity contribution in [1.82, 2.24) is 0 Å². The van der Waals surface area contributed by atoms with Gasteiger partial charge in [0.05, 0.1) is 39.6 Å². The van der Waals surface area contributed by atoms with Crippen LogP contribution in [-0.2, 0) is 18.9 Å². The third-order valence-electron chi connectivity index (χ3n) is 5.13. The number of hydrogen-bond donors (Lipinski definition) is 0. The molecule has 0 unspecified atom stereocenters. The topological polar surface area (TPSA) is 58.6 Å². The lowest BCUT2D eigenvalue weighted by molar-refractivity contribution is 0.0544. The van der Waals surface area contributed by atoms with Crippen LogP contribution in [0.1, 0.15) is 0 Å². The number of methoxy groups -OCH3 is 2. The Hall–Kier alpha value is -2.62. The summed E-state index contributed by atoms with van der Waals surface area (Å²) in [7, 11) is 3.31. The Balaban J connectivity index is 1.65. The van der Waals surface area contributed by atoms with E-state index in [9.17, 15) is 0 Å². The van der Waals surface area contributed by atoms with Crippen molar-refractivity contribution in [1.29, 1.82) is 0 Å². The Bertz CT molecular complexity index is 923. The summed E-state index contributed by atoms with van der Waals surface area (Å²) in [6.07, 6.45) is 0. The SMILES string of the molecule is COCCOCCOc1ccc(N(c2ccc(Br)cc2)c2ccc(OCCOCCOC)cc2)cc1. The highest BCUT2D eigenvalue weighted by Crippen LogP contribution is 2.36. The van der Waals surface area contributed by atoms with Crippen molar-refractivity contribution in [3.63, 3.8) is 0 Å². The first kappa shape index (κ1) is 28.0. The van der Waals surface area contributed by atoms with Crippen LogP contribution >= 0.6 is 15.9 Å². The molecule has 0 atom stereocenters. The van der Waals surface area contributed by atoms with E-state index in [-0.39, 0.29) is 0 Å². The molecule has 0 radical (unpaired) electrons. The fourth-order valence-corrected chi connectivity index (χ4v) is 3.61. The van der Waals surface area contributed by atoms with E-state index in [1.165, 1.54) is 0 Å². The van der Waals surface area contributed by atoms with Gasteiger partial charge in [-0.25, -0.2) is 0 Å². The molecule has 0 spiro atoms. The summed E-state index contributed by atoms with van der Waals surface area (Å²) >= 11 is 3.53. The molecule has 0 aliphatic carbocycles. The smallest absolute Gasteiger partial charge is 0.119 e. The van der Waals surface area contributed by atoms with Crippen molar-refractivity contribution in [2.24, 2.45) is 0 Å². The number of hydrogen-bond acceptors (Lipinski definition) is 7. The summed E-state index contributed by atoms with van der Waals surface area (Å²) in [5.74, 6) is 1.59. The molecule has 0 fully saturated rings. The largest absolute Gasteiger partial charge is 0.491 e. The summed E-state index contributed by atoms with van der Waals surface area (Å²) in [6.45, 7) is 4.29. The van der Waals surface area contributed by atoms with E-state index in [0.717, 1.165) is 33.0 Å². The normalized spacial score (nSPS) is 10.9. The maximum absolute atomic E-state index is 5.81. The zero-order valence-electron chi connectivity index (χ0n) is 20.9. The lowest BCUT2D eigenvalue weighted by atomic mass is 10.2. The van der Waals surface area contributed by atoms with Gasteiger partial charge in [-0.1, -0.05) is 15.9 Å². The van der Waals surface area contributed by atoms with Crippen LogP contribution in [0.4, 0.5) is 17.1 Å². The van der Waals surface area contributed by atoms with Gasteiger partial charge in [0.1, 0.15) is 24.7 Å². The minimum Gasteiger partial charge on any atom is -0.491 e. The predicted molar refractivity (Wildman–Crippen MR) is 145 cm³/mol. The minimum atomic E-state index is 0.484. The molecule has 7 nitrogen and oxygen atoms in total. The van der Waals surface area contributed by atoms with Crippen LogP contribution in [0.25, 0.3) is 0 Å². The number of halogens is 1. The van der Waals surface area contributed by atoms with Crippen molar-refractivity contribution in [2.45, 2.75) is 0 Å². The van der Waals surface area contributed by atoms with Gasteiger partial charge < -0.3 is 33.3 Å². The van der Waals surface area contributed by atoms with E-state index in [1.807, 2.05) is 60.7 Å². The van der Waals surface area contributed by atoms with Crippen molar-refractivity contribution in [2.75, 3.05) is 72.0 Å². The number of anilines is 3. The average Bonchev–Trinajstić information content (AvgIpc) is 2.91. The number of ether oxygens (including phenoxy) is 6. The van der Waals surface area contributed by atoms with Crippen LogP contribution in [0, 0.1) is 0 Å². The highest BCUT2D eigenvalue weighted by Gasteiger charge is 2.13. The maximum atomic E-state index is 5.81. The number of rotatable bonds is 17. The molecule has 0 heterocycles. The Labute approximate surface area is 222 Å². The Morgan fingerprint density at radius 1 is 0.500 bits per heavy atom. The summed E-state index contributed by atoms with van der Waals surface area (Å²) in [5, 5.41) is 0. The number of nitrogens with zero attached hydrogens (tertiary/aromatic N) is 1. The molecule has 8 heteroatoms. The molecule has 3 aromatic rings. The fourth-order valence-electron chi connectivity index (χ4n) is 3.35. The molecule has 3 aromatic carbocycles. The lowest BCUT2D eigenvalue weighted by Crippen LogP contribution is -2.11. The average molecular weight is 560 g/mol. The quantitative estimate of drug-likeness (QED) is 0.188. The van der Waals surface area contributed by atoms with E-state index in [0.29, 0.717) is 52.9 Å². The molecule has 0 aliphatic heterocycles. The maximum Gasteiger partial charge on any atom is 0.119 e. The first-order valence-electron chi connectivity index (χ1n) is 11.9. The summed E-state index contributed by atoms with van der Waals surface area (Å²) < 4.78 is 33.5. The summed E-state index contributed by atoms with van der Waals surface area (Å²) in [4.78, 5) is 2.18. The van der Waals surface area contributed by atoms with Crippen LogP contribution in [0.15, 0.2) is 77.3 Å². The van der Waals surface area contributed by atoms with Crippen LogP contribution in [0.3, 0.4) is 0 Å². The highest BCUT2D eigenvalue weighted by molar-refractivity contribution is 9.10. The molecule has 0 amide bonds. The first-order valence-corrected chi connectivity index (χ1v) is 12.7. The Morgan fingerprint density at radius 2 is 0.861 bits per heavy atom. The molecule has 36 heavy (non-hydrogen) atoms. The second-order valence-corrected chi connectivity index (χ2v) is 8.62. The van der Waals surface area contributed by atoms with Gasteiger partial charge in [0.2, 0.25) is 0 Å². The van der Waals surface area contributed by atoms with Gasteiger partial charge in [-0.2, -0.15) is 0 Å². The van der Waals surface area contributed by atoms with Crippen molar-refractivity contribution >= 4 is 33.0 Å². The zero-order valence-corrected chi connectivity index (χ0v) is 22.4. The van der Waals surface area contributed by atoms with Crippen molar-refractivity contribution in [3.05, 3.63) is 77.3 Å². The second kappa shape index (κ2) is 16.2. The predicted octanol–water partition coefficient (Wildman–Crippen LogP) is 6.00. The Kier molecular flexibility index (Phi) is 12.6. The fraction of sp³-hybridized carbons (Fsp3) is 0.357. The van der Waals surface area contributed by atoms with E-state index in [1.54, 1.807) is 14.2 Å². The van der Waals surface area contributed by atoms with E-state index >= 15 is 0 Å². The zero-order chi connectivity index (χ0) is 25.4. The molecule has 3 rings (SSSR count). The van der Waals surface area contributed by atoms with Gasteiger partial charge in [0, 0.05) is 35.8 Å². The van der Waals surface area contributed by atoms with E-state index in [4.69, 9.17) is 28.4 Å². The molecule has 0 saturated heterocycles. The third-order valence-corrected chi connectivity index (χ3v) is 5.66. The molecule has 194 valence electrons. The van der Waals surface area contributed by atoms with Crippen LogP contribution in [-0.4, -0.2) is 67.1 Å². The van der Waals surface area contributed by atoms with Gasteiger partial charge in [-0.05, 0) is 72.8 Å². The van der Waals surface area contributed by atoms with Crippen molar-refractivity contribution in [3.8, 4) is 11.5 Å². The van der Waals surface area contributed by atoms with Crippen molar-refractivity contribution < 1.29 is 28.4 Å². The van der Waals surface area contributed by atoms with E-state index < -0.39 is 0 Å². The monoisotopic (exact) mass is 559 g/mol. The van der Waals surface area contributed by atoms with Crippen LogP contribution in [0.2, 0.25) is 0 Å². The van der Waals surface area contributed by atoms with Crippen LogP contribution < -0.4 is 14.4 Å². The van der Waals surface area contributed by atoms with Gasteiger partial charge in [-0.3, -0.25) is 0 Å². The molecule has 0 aliphatic rings. The molecular weight excluding hydrogens is 526 g/mol. The second-order valence-electron chi connectivity index (χ2n) is 7.71. The van der Waals surface area contributed by atoms with Crippen LogP contribution in [0.5, 0.6) is 11.5 Å². The van der Waals surface area contributed by atoms with Gasteiger partial charge in [0.15, 0.2) is 0 Å².